The first kappa shape index (κ1) is 20.8. The molecular weight excluding hydrogens is 426 g/mol. The van der Waals surface area contributed by atoms with Crippen LogP contribution in [0.25, 0.3) is 0 Å². The van der Waals surface area contributed by atoms with Crippen LogP contribution in [0, 0.1) is 11.6 Å². The van der Waals surface area contributed by atoms with Crippen LogP contribution in [-0.2, 0) is 11.4 Å². The Morgan fingerprint density at radius 2 is 2.04 bits per heavy atom. The fourth-order valence-corrected chi connectivity index (χ4v) is 2.61. The van der Waals surface area contributed by atoms with E-state index < -0.39 is 29.1 Å². The van der Waals surface area contributed by atoms with Gasteiger partial charge in [0.1, 0.15) is 28.8 Å². The summed E-state index contributed by atoms with van der Waals surface area (Å²) in [6, 6.07) is 2.02. The number of nitrogens with zero attached hydrogens (tertiary/aromatic N) is 2. The second-order valence-electron chi connectivity index (χ2n) is 6.12. The first-order valence-corrected chi connectivity index (χ1v) is 8.85. The van der Waals surface area contributed by atoms with Crippen LogP contribution in [0.4, 0.5) is 14.7 Å². The van der Waals surface area contributed by atoms with Crippen LogP contribution in [0.2, 0.25) is 0 Å². The Hall–Kier alpha value is -2.49. The van der Waals surface area contributed by atoms with E-state index in [9.17, 15) is 18.4 Å². The number of hydrogen-bond donors (Lipinski definition) is 2. The standard InChI is InChI=1S/C17H19BrF2N4O3/c1-8(2)24-16(26)13(18)15(23-17(24)22-9(3)14(21)25)27-7-10-4-5-11(19)6-12(10)20/h4-6,8-9H,7H2,1-3H3,(H2,21,25)(H,22,23)/t9-/m0/s1. The minimum Gasteiger partial charge on any atom is -0.472 e. The maximum Gasteiger partial charge on any atom is 0.273 e. The molecule has 1 aromatic carbocycles. The van der Waals surface area contributed by atoms with E-state index in [1.54, 1.807) is 13.8 Å². The van der Waals surface area contributed by atoms with Gasteiger partial charge in [0.15, 0.2) is 0 Å². The van der Waals surface area contributed by atoms with Crippen LogP contribution in [0.1, 0.15) is 32.4 Å². The van der Waals surface area contributed by atoms with Gasteiger partial charge in [-0.3, -0.25) is 14.2 Å². The molecule has 1 atom stereocenters. The first-order valence-electron chi connectivity index (χ1n) is 8.06. The van der Waals surface area contributed by atoms with Gasteiger partial charge in [-0.2, -0.15) is 4.98 Å². The molecule has 146 valence electrons. The lowest BCUT2D eigenvalue weighted by Gasteiger charge is -2.20. The third-order valence-electron chi connectivity index (χ3n) is 3.70. The Morgan fingerprint density at radius 1 is 1.37 bits per heavy atom. The van der Waals surface area contributed by atoms with Crippen molar-refractivity contribution in [2.45, 2.75) is 39.5 Å². The van der Waals surface area contributed by atoms with Crippen molar-refractivity contribution in [1.29, 1.82) is 0 Å². The summed E-state index contributed by atoms with van der Waals surface area (Å²) in [5, 5.41) is 2.77. The molecule has 7 nitrogen and oxygen atoms in total. The summed E-state index contributed by atoms with van der Waals surface area (Å²) in [7, 11) is 0. The highest BCUT2D eigenvalue weighted by molar-refractivity contribution is 9.10. The van der Waals surface area contributed by atoms with E-state index in [1.807, 2.05) is 0 Å². The van der Waals surface area contributed by atoms with Crippen LogP contribution < -0.4 is 21.3 Å². The highest BCUT2D eigenvalue weighted by Gasteiger charge is 2.21. The predicted octanol–water partition coefficient (Wildman–Crippen LogP) is 2.73. The quantitative estimate of drug-likeness (QED) is 0.683. The van der Waals surface area contributed by atoms with Gasteiger partial charge in [0.25, 0.3) is 5.56 Å². The lowest BCUT2D eigenvalue weighted by molar-refractivity contribution is -0.118. The van der Waals surface area contributed by atoms with Gasteiger partial charge < -0.3 is 15.8 Å². The maximum atomic E-state index is 13.8. The molecule has 2 rings (SSSR count). The molecule has 27 heavy (non-hydrogen) atoms. The Morgan fingerprint density at radius 3 is 2.59 bits per heavy atom. The van der Waals surface area contributed by atoms with E-state index >= 15 is 0 Å². The van der Waals surface area contributed by atoms with E-state index in [0.29, 0.717) is 0 Å². The fourth-order valence-electron chi connectivity index (χ4n) is 2.22. The number of aromatic nitrogens is 2. The summed E-state index contributed by atoms with van der Waals surface area (Å²) in [4.78, 5) is 28.2. The second-order valence-corrected chi connectivity index (χ2v) is 6.91. The van der Waals surface area contributed by atoms with Crippen molar-refractivity contribution in [2.75, 3.05) is 5.32 Å². The number of nitrogens with one attached hydrogen (secondary N) is 1. The molecular formula is C17H19BrF2N4O3. The largest absolute Gasteiger partial charge is 0.472 e. The van der Waals surface area contributed by atoms with Crippen molar-refractivity contribution >= 4 is 27.8 Å². The molecule has 10 heteroatoms. The number of amides is 1. The van der Waals surface area contributed by atoms with Gasteiger partial charge in [0.2, 0.25) is 17.7 Å². The Bertz CT molecular complexity index is 918. The van der Waals surface area contributed by atoms with E-state index in [-0.39, 0.29) is 34.5 Å². The summed E-state index contributed by atoms with van der Waals surface area (Å²) >= 11 is 3.14. The summed E-state index contributed by atoms with van der Waals surface area (Å²) in [6.07, 6.45) is 0. The summed E-state index contributed by atoms with van der Waals surface area (Å²) in [5.74, 6) is -2.12. The van der Waals surface area contributed by atoms with Crippen molar-refractivity contribution in [3.8, 4) is 5.88 Å². The zero-order chi connectivity index (χ0) is 20.3. The Labute approximate surface area is 162 Å². The van der Waals surface area contributed by atoms with Gasteiger partial charge in [-0.15, -0.1) is 0 Å². The number of carbonyl (C=O) groups excluding carboxylic acids is 1. The third-order valence-corrected chi connectivity index (χ3v) is 4.38. The molecule has 0 aliphatic rings. The van der Waals surface area contributed by atoms with Gasteiger partial charge >= 0.3 is 0 Å². The van der Waals surface area contributed by atoms with Crippen molar-refractivity contribution in [1.82, 2.24) is 9.55 Å². The summed E-state index contributed by atoms with van der Waals surface area (Å²) in [5.41, 5.74) is 4.90. The molecule has 2 aromatic rings. The summed E-state index contributed by atoms with van der Waals surface area (Å²) in [6.45, 7) is 4.79. The Kier molecular flexibility index (Phi) is 6.53. The average molecular weight is 445 g/mol. The van der Waals surface area contributed by atoms with Crippen LogP contribution in [0.5, 0.6) is 5.88 Å². The molecule has 0 bridgehead atoms. The van der Waals surface area contributed by atoms with Crippen LogP contribution >= 0.6 is 15.9 Å². The SMILES string of the molecule is CC(C)n1c(N[C@@H](C)C(N)=O)nc(OCc2ccc(F)cc2F)c(Br)c1=O. The summed E-state index contributed by atoms with van der Waals surface area (Å²) < 4.78 is 33.6. The molecule has 0 unspecified atom stereocenters. The zero-order valence-electron chi connectivity index (χ0n) is 14.9. The van der Waals surface area contributed by atoms with Crippen molar-refractivity contribution in [3.63, 3.8) is 0 Å². The number of nitrogens with two attached hydrogens (primary N) is 1. The number of anilines is 1. The molecule has 0 saturated heterocycles. The number of primary amides is 1. The van der Waals surface area contributed by atoms with E-state index in [1.165, 1.54) is 17.6 Å². The van der Waals surface area contributed by atoms with Gasteiger partial charge in [-0.25, -0.2) is 8.78 Å². The molecule has 1 aromatic heterocycles. The second kappa shape index (κ2) is 8.47. The number of rotatable bonds is 7. The molecule has 3 N–H and O–H groups in total. The third kappa shape index (κ3) is 4.82. The molecule has 0 radical (unpaired) electrons. The normalized spacial score (nSPS) is 12.1. The molecule has 0 aliphatic heterocycles. The van der Waals surface area contributed by atoms with Crippen molar-refractivity contribution in [2.24, 2.45) is 5.73 Å². The van der Waals surface area contributed by atoms with E-state index in [0.717, 1.165) is 12.1 Å². The number of benzene rings is 1. The van der Waals surface area contributed by atoms with Crippen LogP contribution in [-0.4, -0.2) is 21.5 Å². The smallest absolute Gasteiger partial charge is 0.273 e. The van der Waals surface area contributed by atoms with E-state index in [4.69, 9.17) is 10.5 Å². The van der Waals surface area contributed by atoms with Gasteiger partial charge in [0.05, 0.1) is 0 Å². The molecule has 0 saturated carbocycles. The lowest BCUT2D eigenvalue weighted by atomic mass is 10.2. The zero-order valence-corrected chi connectivity index (χ0v) is 16.5. The lowest BCUT2D eigenvalue weighted by Crippen LogP contribution is -2.36. The van der Waals surface area contributed by atoms with Gasteiger partial charge in [0, 0.05) is 17.7 Å². The molecule has 0 fully saturated rings. The van der Waals surface area contributed by atoms with Gasteiger partial charge in [-0.05, 0) is 48.8 Å². The minimum atomic E-state index is -0.787. The topological polar surface area (TPSA) is 99.2 Å². The number of hydrogen-bond acceptors (Lipinski definition) is 5. The van der Waals surface area contributed by atoms with Crippen molar-refractivity contribution in [3.05, 3.63) is 50.2 Å². The highest BCUT2D eigenvalue weighted by atomic mass is 79.9. The predicted molar refractivity (Wildman–Crippen MR) is 99.6 cm³/mol. The number of ether oxygens (including phenoxy) is 1. The molecule has 1 amide bonds. The van der Waals surface area contributed by atoms with Crippen molar-refractivity contribution < 1.29 is 18.3 Å². The van der Waals surface area contributed by atoms with Crippen LogP contribution in [0.3, 0.4) is 0 Å². The molecule has 0 spiro atoms. The van der Waals surface area contributed by atoms with Crippen LogP contribution in [0.15, 0.2) is 27.5 Å². The Balaban J connectivity index is 2.39. The fraction of sp³-hybridized carbons (Fsp3) is 0.353. The molecule has 1 heterocycles. The number of carbonyl (C=O) groups is 1. The average Bonchev–Trinajstić information content (AvgIpc) is 2.57. The number of halogens is 3. The highest BCUT2D eigenvalue weighted by Crippen LogP contribution is 2.24. The minimum absolute atomic E-state index is 0.0380. The monoisotopic (exact) mass is 444 g/mol. The van der Waals surface area contributed by atoms with E-state index in [2.05, 4.69) is 26.2 Å². The first-order chi connectivity index (χ1) is 12.6. The van der Waals surface area contributed by atoms with Gasteiger partial charge in [-0.1, -0.05) is 0 Å². The molecule has 0 aliphatic carbocycles. The maximum absolute atomic E-state index is 13.8.